The van der Waals surface area contributed by atoms with Crippen molar-refractivity contribution in [3.63, 3.8) is 0 Å². The third kappa shape index (κ3) is 11.6. The molecule has 3 N–H and O–H groups in total. The molecule has 0 radical (unpaired) electrons. The van der Waals surface area contributed by atoms with Gasteiger partial charge in [0.15, 0.2) is 5.12 Å². The number of carbonyl (C=O) groups excluding carboxylic acids is 5. The topological polar surface area (TPSA) is 144 Å². The SMILES string of the molecule is C/C=C1\NC(=O)c2nc(ccc2SC)CNC(=O)C[C@@H](/C=C/CCSC(=O)CCCCC)OC(=O)[C@H](C(C)C)NC1=O. The molecule has 10 nitrogen and oxygen atoms in total. The number of pyridine rings is 1. The van der Waals surface area contributed by atoms with Crippen LogP contribution in [0.1, 0.15) is 82.4 Å². The van der Waals surface area contributed by atoms with E-state index in [0.29, 0.717) is 29.2 Å². The minimum atomic E-state index is -1.03. The van der Waals surface area contributed by atoms with E-state index in [1.54, 1.807) is 51.3 Å². The van der Waals surface area contributed by atoms with Gasteiger partial charge in [0.1, 0.15) is 23.5 Å². The first-order chi connectivity index (χ1) is 20.1. The van der Waals surface area contributed by atoms with E-state index in [4.69, 9.17) is 4.74 Å². The number of allylic oxidation sites excluding steroid dienone is 2. The molecule has 2 atom stereocenters. The third-order valence-corrected chi connectivity index (χ3v) is 8.08. The third-order valence-electron chi connectivity index (χ3n) is 6.34. The van der Waals surface area contributed by atoms with Crippen LogP contribution in [0.25, 0.3) is 0 Å². The Hall–Kier alpha value is -3.12. The lowest BCUT2D eigenvalue weighted by Gasteiger charge is -2.24. The van der Waals surface area contributed by atoms with Crippen molar-refractivity contribution in [2.45, 2.75) is 89.8 Å². The fourth-order valence-electron chi connectivity index (χ4n) is 3.97. The van der Waals surface area contributed by atoms with E-state index in [0.717, 1.165) is 19.3 Å². The minimum absolute atomic E-state index is 0.0312. The number of ether oxygens (including phenoxy) is 1. The Labute approximate surface area is 256 Å². The molecule has 0 aromatic carbocycles. The molecule has 0 spiro atoms. The van der Waals surface area contributed by atoms with Gasteiger partial charge in [0.2, 0.25) is 5.91 Å². The highest BCUT2D eigenvalue weighted by atomic mass is 32.2. The number of rotatable bonds is 10. The first-order valence-electron chi connectivity index (χ1n) is 14.2. The first kappa shape index (κ1) is 35.1. The zero-order valence-corrected chi connectivity index (χ0v) is 26.6. The number of aromatic nitrogens is 1. The molecule has 2 rings (SSSR count). The number of fused-ring (bicyclic) bond motifs is 2. The van der Waals surface area contributed by atoms with Crippen LogP contribution in [0, 0.1) is 5.92 Å². The summed E-state index contributed by atoms with van der Waals surface area (Å²) in [6.45, 7) is 7.26. The molecule has 0 fully saturated rings. The van der Waals surface area contributed by atoms with Crippen molar-refractivity contribution in [1.29, 1.82) is 0 Å². The van der Waals surface area contributed by atoms with E-state index in [2.05, 4.69) is 27.9 Å². The summed E-state index contributed by atoms with van der Waals surface area (Å²) in [5.74, 6) is -2.08. The number of amides is 3. The van der Waals surface area contributed by atoms with E-state index in [1.165, 1.54) is 29.6 Å². The van der Waals surface area contributed by atoms with Crippen LogP contribution in [-0.2, 0) is 30.5 Å². The van der Waals surface area contributed by atoms with E-state index < -0.39 is 29.9 Å². The van der Waals surface area contributed by atoms with Crippen LogP contribution in [0.5, 0.6) is 0 Å². The van der Waals surface area contributed by atoms with Gasteiger partial charge in [-0.1, -0.05) is 57.5 Å². The second-order valence-corrected chi connectivity index (χ2v) is 12.1. The van der Waals surface area contributed by atoms with Gasteiger partial charge < -0.3 is 20.7 Å². The standard InChI is InChI=1S/C30H42N4O6S2/c1-6-8-9-13-25(36)42-16-11-10-12-21-17-24(35)31-18-20-14-15-23(41-5)27(32-20)29(38)33-22(7-2)28(37)34-26(19(3)4)30(39)40-21/h7,10,12,14-15,19,21,26H,6,8-9,11,13,16-18H2,1-5H3,(H,31,35)(H,33,38)(H,34,37)/b12-10+,22-7-/t21-,26+/m1/s1. The molecule has 1 aromatic rings. The van der Waals surface area contributed by atoms with E-state index in [9.17, 15) is 24.0 Å². The van der Waals surface area contributed by atoms with Crippen LogP contribution in [0.2, 0.25) is 0 Å². The highest BCUT2D eigenvalue weighted by Gasteiger charge is 2.30. The molecule has 2 bridgehead atoms. The van der Waals surface area contributed by atoms with Crippen molar-refractivity contribution in [3.05, 3.63) is 47.4 Å². The summed E-state index contributed by atoms with van der Waals surface area (Å²) in [6.07, 6.45) is 9.74. The average molecular weight is 619 g/mol. The molecule has 0 unspecified atom stereocenters. The number of cyclic esters (lactones) is 1. The molecule has 1 aliphatic heterocycles. The number of thioether (sulfide) groups is 2. The second kappa shape index (κ2) is 18.4. The second-order valence-electron chi connectivity index (χ2n) is 10.1. The maximum absolute atomic E-state index is 13.2. The predicted octanol–water partition coefficient (Wildman–Crippen LogP) is 4.30. The maximum atomic E-state index is 13.2. The summed E-state index contributed by atoms with van der Waals surface area (Å²) >= 11 is 2.60. The van der Waals surface area contributed by atoms with Gasteiger partial charge in [-0.2, -0.15) is 0 Å². The number of unbranched alkanes of at least 4 members (excludes halogenated alkanes) is 2. The molecule has 1 aromatic heterocycles. The highest BCUT2D eigenvalue weighted by molar-refractivity contribution is 8.13. The molecular weight excluding hydrogens is 576 g/mol. The molecule has 3 amide bonds. The minimum Gasteiger partial charge on any atom is -0.456 e. The van der Waals surface area contributed by atoms with Crippen molar-refractivity contribution in [2.75, 3.05) is 12.0 Å². The largest absolute Gasteiger partial charge is 0.456 e. The van der Waals surface area contributed by atoms with Crippen molar-refractivity contribution >= 4 is 52.3 Å². The lowest BCUT2D eigenvalue weighted by Crippen LogP contribution is -2.48. The van der Waals surface area contributed by atoms with Gasteiger partial charge >= 0.3 is 5.97 Å². The molecule has 42 heavy (non-hydrogen) atoms. The average Bonchev–Trinajstić information content (AvgIpc) is 2.96. The van der Waals surface area contributed by atoms with E-state index in [-0.39, 0.29) is 41.3 Å². The normalized spacial score (nSPS) is 19.9. The smallest absolute Gasteiger partial charge is 0.329 e. The van der Waals surface area contributed by atoms with Gasteiger partial charge in [-0.3, -0.25) is 19.2 Å². The number of carbonyl (C=O) groups is 5. The summed E-state index contributed by atoms with van der Waals surface area (Å²) in [6, 6.07) is 2.42. The van der Waals surface area contributed by atoms with E-state index >= 15 is 0 Å². The summed E-state index contributed by atoms with van der Waals surface area (Å²) in [5, 5.41) is 8.18. The quantitative estimate of drug-likeness (QED) is 0.115. The van der Waals surface area contributed by atoms with Crippen molar-refractivity contribution < 1.29 is 28.7 Å². The summed E-state index contributed by atoms with van der Waals surface area (Å²) in [4.78, 5) is 69.3. The monoisotopic (exact) mass is 618 g/mol. The number of hydrogen-bond donors (Lipinski definition) is 3. The van der Waals surface area contributed by atoms with Crippen LogP contribution in [-0.4, -0.2) is 57.9 Å². The highest BCUT2D eigenvalue weighted by Crippen LogP contribution is 2.20. The van der Waals surface area contributed by atoms with Crippen molar-refractivity contribution in [1.82, 2.24) is 20.9 Å². The van der Waals surface area contributed by atoms with Crippen LogP contribution in [0.15, 0.2) is 41.0 Å². The van der Waals surface area contributed by atoms with Crippen LogP contribution in [0.3, 0.4) is 0 Å². The molecule has 0 aliphatic carbocycles. The number of esters is 1. The first-order valence-corrected chi connectivity index (χ1v) is 16.4. The van der Waals surface area contributed by atoms with Crippen molar-refractivity contribution in [3.8, 4) is 0 Å². The fourth-order valence-corrected chi connectivity index (χ4v) is 5.27. The molecule has 0 saturated heterocycles. The van der Waals surface area contributed by atoms with Crippen molar-refractivity contribution in [2.24, 2.45) is 5.92 Å². The fraction of sp³-hybridized carbons (Fsp3) is 0.533. The lowest BCUT2D eigenvalue weighted by atomic mass is 10.0. The Kier molecular flexibility index (Phi) is 15.4. The summed E-state index contributed by atoms with van der Waals surface area (Å²) in [7, 11) is 0. The summed E-state index contributed by atoms with van der Waals surface area (Å²) < 4.78 is 5.70. The van der Waals surface area contributed by atoms with E-state index in [1.807, 2.05) is 0 Å². The molecule has 1 aliphatic rings. The van der Waals surface area contributed by atoms with Gasteiger partial charge in [-0.15, -0.1) is 11.8 Å². The number of nitrogens with one attached hydrogen (secondary N) is 3. The number of hydrogen-bond acceptors (Lipinski definition) is 9. The molecular formula is C30H42N4O6S2. The Bertz CT molecular complexity index is 1180. The maximum Gasteiger partial charge on any atom is 0.329 e. The molecule has 0 saturated carbocycles. The van der Waals surface area contributed by atoms with Crippen LogP contribution < -0.4 is 16.0 Å². The van der Waals surface area contributed by atoms with Gasteiger partial charge in [0.05, 0.1) is 18.7 Å². The van der Waals surface area contributed by atoms with Gasteiger partial charge in [0, 0.05) is 17.1 Å². The Morgan fingerprint density at radius 3 is 2.60 bits per heavy atom. The Morgan fingerprint density at radius 2 is 1.93 bits per heavy atom. The Balaban J connectivity index is 2.27. The van der Waals surface area contributed by atoms with Gasteiger partial charge in [0.25, 0.3) is 11.8 Å². The van der Waals surface area contributed by atoms with Gasteiger partial charge in [-0.25, -0.2) is 9.78 Å². The van der Waals surface area contributed by atoms with Crippen LogP contribution in [0.4, 0.5) is 0 Å². The number of nitrogens with zero attached hydrogens (tertiary/aromatic N) is 1. The van der Waals surface area contributed by atoms with Crippen LogP contribution >= 0.6 is 23.5 Å². The predicted molar refractivity (Wildman–Crippen MR) is 166 cm³/mol. The Morgan fingerprint density at radius 1 is 1.17 bits per heavy atom. The zero-order chi connectivity index (χ0) is 31.1. The van der Waals surface area contributed by atoms with Gasteiger partial charge in [-0.05, 0) is 50.1 Å². The zero-order valence-electron chi connectivity index (χ0n) is 25.0. The summed E-state index contributed by atoms with van der Waals surface area (Å²) in [5.41, 5.74) is 0.543. The molecule has 12 heteroatoms. The lowest BCUT2D eigenvalue weighted by molar-refractivity contribution is -0.153. The molecule has 230 valence electrons. The molecule has 2 heterocycles.